The summed E-state index contributed by atoms with van der Waals surface area (Å²) in [7, 11) is 1.52. The van der Waals surface area contributed by atoms with Crippen LogP contribution in [0.3, 0.4) is 0 Å². The Bertz CT molecular complexity index is 356. The van der Waals surface area contributed by atoms with E-state index >= 15 is 0 Å². The maximum Gasteiger partial charge on any atom is 0.143 e. The minimum Gasteiger partial charge on any atom is -0.495 e. The van der Waals surface area contributed by atoms with Crippen LogP contribution in [0.4, 0.5) is 0 Å². The average molecular weight is 231 g/mol. The molecule has 0 aliphatic heterocycles. The second-order valence-corrected chi connectivity index (χ2v) is 3.86. The van der Waals surface area contributed by atoms with E-state index in [2.05, 4.69) is 4.98 Å². The summed E-state index contributed by atoms with van der Waals surface area (Å²) in [4.78, 5) is 4.07. The lowest BCUT2D eigenvalue weighted by atomic mass is 10.0. The number of methoxy groups -OCH3 is 1. The molecule has 1 heterocycles. The number of nitrogens with two attached hydrogens (primary N) is 1. The molecule has 0 aliphatic carbocycles. The van der Waals surface area contributed by atoms with Crippen LogP contribution in [0.2, 0.25) is 5.02 Å². The summed E-state index contributed by atoms with van der Waals surface area (Å²) in [5.41, 5.74) is 6.83. The molecule has 0 saturated heterocycles. The molecule has 0 aliphatic rings. The van der Waals surface area contributed by atoms with Crippen molar-refractivity contribution in [2.24, 2.45) is 5.73 Å². The molecule has 15 heavy (non-hydrogen) atoms. The lowest BCUT2D eigenvalue weighted by Gasteiger charge is -2.18. The first-order chi connectivity index (χ1) is 6.99. The van der Waals surface area contributed by atoms with Gasteiger partial charge in [0, 0.05) is 17.8 Å². The Kier molecular flexibility index (Phi) is 3.90. The van der Waals surface area contributed by atoms with Crippen LogP contribution >= 0.6 is 11.6 Å². The second-order valence-electron chi connectivity index (χ2n) is 3.45. The first kappa shape index (κ1) is 12.2. The highest BCUT2D eigenvalue weighted by molar-refractivity contribution is 6.32. The number of aromatic nitrogens is 1. The average Bonchev–Trinajstić information content (AvgIpc) is 2.17. The summed E-state index contributed by atoms with van der Waals surface area (Å²) in [5, 5.41) is 10.2. The van der Waals surface area contributed by atoms with Crippen molar-refractivity contribution >= 4 is 11.6 Å². The van der Waals surface area contributed by atoms with Gasteiger partial charge >= 0.3 is 0 Å². The molecule has 3 N–H and O–H groups in total. The number of aliphatic hydroxyl groups excluding tert-OH is 1. The number of ether oxygens (including phenoxy) is 1. The van der Waals surface area contributed by atoms with Crippen molar-refractivity contribution in [1.82, 2.24) is 4.98 Å². The number of hydrogen-bond acceptors (Lipinski definition) is 4. The smallest absolute Gasteiger partial charge is 0.143 e. The predicted molar refractivity (Wildman–Crippen MR) is 59.1 cm³/mol. The molecule has 1 aromatic rings. The molecule has 2 atom stereocenters. The Labute approximate surface area is 94.0 Å². The highest BCUT2D eigenvalue weighted by Gasteiger charge is 2.20. The van der Waals surface area contributed by atoms with E-state index in [0.29, 0.717) is 16.5 Å². The van der Waals surface area contributed by atoms with E-state index in [0.717, 1.165) is 5.56 Å². The zero-order chi connectivity index (χ0) is 11.6. The van der Waals surface area contributed by atoms with Gasteiger partial charge in [-0.05, 0) is 13.8 Å². The maximum absolute atomic E-state index is 9.80. The molecule has 1 aromatic heterocycles. The van der Waals surface area contributed by atoms with E-state index in [1.165, 1.54) is 13.3 Å². The summed E-state index contributed by atoms with van der Waals surface area (Å²) < 4.78 is 5.12. The lowest BCUT2D eigenvalue weighted by molar-refractivity contribution is 0.147. The van der Waals surface area contributed by atoms with Crippen molar-refractivity contribution in [1.29, 1.82) is 0 Å². The highest BCUT2D eigenvalue weighted by Crippen LogP contribution is 2.31. The number of hydrogen-bond donors (Lipinski definition) is 2. The number of pyridine rings is 1. The van der Waals surface area contributed by atoms with Gasteiger partial charge in [0.1, 0.15) is 16.9 Å². The molecular formula is C10H15ClN2O2. The first-order valence-corrected chi connectivity index (χ1v) is 4.99. The SMILES string of the molecule is COc1c(Cl)cnc(C(O)C(C)N)c1C. The Morgan fingerprint density at radius 2 is 2.20 bits per heavy atom. The van der Waals surface area contributed by atoms with E-state index in [1.54, 1.807) is 13.8 Å². The fourth-order valence-electron chi connectivity index (χ4n) is 1.37. The molecule has 0 aromatic carbocycles. The van der Waals surface area contributed by atoms with Crippen LogP contribution < -0.4 is 10.5 Å². The van der Waals surface area contributed by atoms with Gasteiger partial charge in [-0.2, -0.15) is 0 Å². The van der Waals surface area contributed by atoms with Gasteiger partial charge in [0.15, 0.2) is 0 Å². The van der Waals surface area contributed by atoms with Gasteiger partial charge < -0.3 is 15.6 Å². The molecular weight excluding hydrogens is 216 g/mol. The van der Waals surface area contributed by atoms with Gasteiger partial charge in [0.2, 0.25) is 0 Å². The van der Waals surface area contributed by atoms with Crippen LogP contribution in [0.15, 0.2) is 6.20 Å². The minimum atomic E-state index is -0.809. The second kappa shape index (κ2) is 4.79. The molecule has 0 fully saturated rings. The largest absolute Gasteiger partial charge is 0.495 e. The van der Waals surface area contributed by atoms with Gasteiger partial charge in [-0.25, -0.2) is 0 Å². The first-order valence-electron chi connectivity index (χ1n) is 4.61. The van der Waals surface area contributed by atoms with E-state index in [4.69, 9.17) is 22.1 Å². The third-order valence-corrected chi connectivity index (χ3v) is 2.51. The minimum absolute atomic E-state index is 0.387. The summed E-state index contributed by atoms with van der Waals surface area (Å²) in [5.74, 6) is 0.529. The molecule has 2 unspecified atom stereocenters. The Morgan fingerprint density at radius 1 is 1.60 bits per heavy atom. The number of nitrogens with zero attached hydrogens (tertiary/aromatic N) is 1. The normalized spacial score (nSPS) is 14.8. The molecule has 4 nitrogen and oxygen atoms in total. The quantitative estimate of drug-likeness (QED) is 0.825. The number of halogens is 1. The molecule has 0 saturated carbocycles. The van der Waals surface area contributed by atoms with Crippen LogP contribution in [0.1, 0.15) is 24.3 Å². The fourth-order valence-corrected chi connectivity index (χ4v) is 1.64. The third-order valence-electron chi connectivity index (χ3n) is 2.24. The van der Waals surface area contributed by atoms with E-state index in [-0.39, 0.29) is 6.04 Å². The zero-order valence-electron chi connectivity index (χ0n) is 8.99. The van der Waals surface area contributed by atoms with Crippen LogP contribution in [0.25, 0.3) is 0 Å². The van der Waals surface area contributed by atoms with Gasteiger partial charge in [-0.1, -0.05) is 11.6 Å². The Hall–Kier alpha value is -0.840. The van der Waals surface area contributed by atoms with Gasteiger partial charge in [0.05, 0.1) is 12.8 Å². The summed E-state index contributed by atoms with van der Waals surface area (Å²) in [6.45, 7) is 3.51. The van der Waals surface area contributed by atoms with Crippen molar-refractivity contribution in [2.75, 3.05) is 7.11 Å². The summed E-state index contributed by atoms with van der Waals surface area (Å²) >= 11 is 5.89. The van der Waals surface area contributed by atoms with Crippen molar-refractivity contribution in [3.8, 4) is 5.75 Å². The molecule has 0 amide bonds. The predicted octanol–water partition coefficient (Wildman–Crippen LogP) is 1.43. The van der Waals surface area contributed by atoms with Crippen molar-refractivity contribution in [3.05, 3.63) is 22.5 Å². The number of rotatable bonds is 3. The molecule has 0 bridgehead atoms. The molecule has 0 spiro atoms. The van der Waals surface area contributed by atoms with Crippen LogP contribution in [0, 0.1) is 6.92 Å². The van der Waals surface area contributed by atoms with E-state index in [9.17, 15) is 5.11 Å². The van der Waals surface area contributed by atoms with Gasteiger partial charge in [-0.15, -0.1) is 0 Å². The number of aliphatic hydroxyl groups is 1. The maximum atomic E-state index is 9.80. The monoisotopic (exact) mass is 230 g/mol. The molecule has 5 heteroatoms. The van der Waals surface area contributed by atoms with Crippen LogP contribution in [0.5, 0.6) is 5.75 Å². The van der Waals surface area contributed by atoms with Crippen LogP contribution in [-0.2, 0) is 0 Å². The van der Waals surface area contributed by atoms with Crippen molar-refractivity contribution in [3.63, 3.8) is 0 Å². The highest BCUT2D eigenvalue weighted by atomic mass is 35.5. The van der Waals surface area contributed by atoms with Crippen molar-refractivity contribution in [2.45, 2.75) is 26.0 Å². The lowest BCUT2D eigenvalue weighted by Crippen LogP contribution is -2.26. The van der Waals surface area contributed by atoms with E-state index in [1.807, 2.05) is 0 Å². The standard InChI is InChI=1S/C10H15ClN2O2/c1-5-8(9(14)6(2)12)13-4-7(11)10(5)15-3/h4,6,9,14H,12H2,1-3H3. The van der Waals surface area contributed by atoms with Crippen LogP contribution in [-0.4, -0.2) is 23.2 Å². The van der Waals surface area contributed by atoms with Crippen molar-refractivity contribution < 1.29 is 9.84 Å². The topological polar surface area (TPSA) is 68.4 Å². The summed E-state index contributed by atoms with van der Waals surface area (Å²) in [6.07, 6.45) is 0.644. The molecule has 84 valence electrons. The van der Waals surface area contributed by atoms with E-state index < -0.39 is 6.10 Å². The molecule has 1 rings (SSSR count). The zero-order valence-corrected chi connectivity index (χ0v) is 9.75. The van der Waals surface area contributed by atoms with Gasteiger partial charge in [0.25, 0.3) is 0 Å². The third kappa shape index (κ3) is 2.40. The summed E-state index contributed by atoms with van der Waals surface area (Å²) in [6, 6.07) is -0.387. The Balaban J connectivity index is 3.21. The fraction of sp³-hybridized carbons (Fsp3) is 0.500. The Morgan fingerprint density at radius 3 is 2.67 bits per heavy atom. The van der Waals surface area contributed by atoms with Gasteiger partial charge in [-0.3, -0.25) is 4.98 Å². The molecule has 0 radical (unpaired) electrons.